The van der Waals surface area contributed by atoms with Gasteiger partial charge in [-0.25, -0.2) is 0 Å². The molecule has 0 radical (unpaired) electrons. The van der Waals surface area contributed by atoms with E-state index in [1.807, 2.05) is 24.3 Å². The summed E-state index contributed by atoms with van der Waals surface area (Å²) in [6.45, 7) is 4.44. The quantitative estimate of drug-likeness (QED) is 0.743. The monoisotopic (exact) mass is 298 g/mol. The van der Waals surface area contributed by atoms with Crippen LogP contribution in [-0.4, -0.2) is 5.11 Å². The Morgan fingerprint density at radius 2 is 1.82 bits per heavy atom. The van der Waals surface area contributed by atoms with Crippen molar-refractivity contribution >= 4 is 15.9 Å². The minimum absolute atomic E-state index is 0.315. The molecular formula is C15H23BrO. The highest BCUT2D eigenvalue weighted by molar-refractivity contribution is 9.10. The lowest BCUT2D eigenvalue weighted by atomic mass is 9.91. The molecule has 17 heavy (non-hydrogen) atoms. The van der Waals surface area contributed by atoms with Gasteiger partial charge in [0.25, 0.3) is 0 Å². The Labute approximate surface area is 113 Å². The average molecular weight is 299 g/mol. The Bertz CT molecular complexity index is 307. The Hall–Kier alpha value is -0.340. The van der Waals surface area contributed by atoms with Crippen molar-refractivity contribution < 1.29 is 5.11 Å². The molecule has 0 bridgehead atoms. The molecule has 1 N–H and O–H groups in total. The van der Waals surface area contributed by atoms with Gasteiger partial charge in [0.15, 0.2) is 0 Å². The molecule has 0 aliphatic heterocycles. The second-order valence-corrected chi connectivity index (χ2v) is 5.64. The van der Waals surface area contributed by atoms with E-state index in [4.69, 9.17) is 0 Å². The third-order valence-electron chi connectivity index (χ3n) is 3.35. The smallest absolute Gasteiger partial charge is 0.0792 e. The van der Waals surface area contributed by atoms with Crippen LogP contribution in [0, 0.1) is 5.92 Å². The van der Waals surface area contributed by atoms with E-state index in [0.717, 1.165) is 22.9 Å². The summed E-state index contributed by atoms with van der Waals surface area (Å²) in [5.74, 6) is 0.647. The van der Waals surface area contributed by atoms with Crippen molar-refractivity contribution in [1.29, 1.82) is 0 Å². The first kappa shape index (κ1) is 14.7. The molecule has 0 amide bonds. The van der Waals surface area contributed by atoms with Gasteiger partial charge in [-0.2, -0.15) is 0 Å². The van der Waals surface area contributed by atoms with Gasteiger partial charge in [0.05, 0.1) is 6.10 Å². The van der Waals surface area contributed by atoms with Crippen LogP contribution in [0.4, 0.5) is 0 Å². The molecule has 0 unspecified atom stereocenters. The third kappa shape index (κ3) is 5.22. The molecule has 1 aromatic carbocycles. The molecule has 0 saturated carbocycles. The number of hydrogen-bond donors (Lipinski definition) is 1. The molecule has 1 nitrogen and oxygen atoms in total. The van der Waals surface area contributed by atoms with Crippen molar-refractivity contribution in [2.24, 2.45) is 5.92 Å². The lowest BCUT2D eigenvalue weighted by Crippen LogP contribution is -2.07. The highest BCUT2D eigenvalue weighted by Crippen LogP contribution is 2.27. The maximum Gasteiger partial charge on any atom is 0.0792 e. The zero-order valence-electron chi connectivity index (χ0n) is 10.8. The van der Waals surface area contributed by atoms with Crippen LogP contribution in [0.3, 0.4) is 0 Å². The minimum Gasteiger partial charge on any atom is -0.388 e. The molecule has 0 aromatic heterocycles. The number of hydrogen-bond acceptors (Lipinski definition) is 1. The van der Waals surface area contributed by atoms with Crippen LogP contribution in [0.5, 0.6) is 0 Å². The first-order chi connectivity index (χ1) is 8.17. The summed E-state index contributed by atoms with van der Waals surface area (Å²) >= 11 is 3.41. The maximum atomic E-state index is 10.2. The molecular weight excluding hydrogens is 276 g/mol. The number of unbranched alkanes of at least 4 members (excludes halogenated alkanes) is 1. The van der Waals surface area contributed by atoms with Gasteiger partial charge in [-0.3, -0.25) is 0 Å². The molecule has 0 saturated heterocycles. The minimum atomic E-state index is -0.315. The van der Waals surface area contributed by atoms with Gasteiger partial charge in [0.2, 0.25) is 0 Å². The molecule has 1 rings (SSSR count). The summed E-state index contributed by atoms with van der Waals surface area (Å²) in [6, 6.07) is 7.99. The van der Waals surface area contributed by atoms with Crippen molar-refractivity contribution in [3.63, 3.8) is 0 Å². The molecule has 0 aliphatic carbocycles. The summed E-state index contributed by atoms with van der Waals surface area (Å²) in [4.78, 5) is 0. The van der Waals surface area contributed by atoms with Crippen LogP contribution in [0.2, 0.25) is 0 Å². The molecule has 2 atom stereocenters. The average Bonchev–Trinajstić information content (AvgIpc) is 2.35. The Kier molecular flexibility index (Phi) is 6.83. The molecule has 0 aliphatic rings. The van der Waals surface area contributed by atoms with Gasteiger partial charge >= 0.3 is 0 Å². The lowest BCUT2D eigenvalue weighted by molar-refractivity contribution is 0.139. The molecule has 0 fully saturated rings. The summed E-state index contributed by atoms with van der Waals surface area (Å²) in [5, 5.41) is 10.2. The van der Waals surface area contributed by atoms with E-state index in [9.17, 15) is 5.11 Å². The van der Waals surface area contributed by atoms with E-state index in [1.165, 1.54) is 19.3 Å². The largest absolute Gasteiger partial charge is 0.388 e. The van der Waals surface area contributed by atoms with E-state index >= 15 is 0 Å². The summed E-state index contributed by atoms with van der Waals surface area (Å²) in [7, 11) is 0. The topological polar surface area (TPSA) is 20.2 Å². The summed E-state index contributed by atoms with van der Waals surface area (Å²) < 4.78 is 1.06. The normalized spacial score (nSPS) is 14.6. The Balaban J connectivity index is 2.51. The molecule has 0 heterocycles. The van der Waals surface area contributed by atoms with Gasteiger partial charge in [0, 0.05) is 4.47 Å². The van der Waals surface area contributed by atoms with Crippen molar-refractivity contribution in [3.8, 4) is 0 Å². The summed E-state index contributed by atoms with van der Waals surface area (Å²) in [6.07, 6.45) is 5.48. The highest BCUT2D eigenvalue weighted by Gasteiger charge is 2.14. The fourth-order valence-corrected chi connectivity index (χ4v) is 2.38. The van der Waals surface area contributed by atoms with E-state index < -0.39 is 0 Å². The third-order valence-corrected chi connectivity index (χ3v) is 3.88. The van der Waals surface area contributed by atoms with E-state index in [-0.39, 0.29) is 6.10 Å². The van der Waals surface area contributed by atoms with Gasteiger partial charge in [-0.1, -0.05) is 67.6 Å². The zero-order valence-corrected chi connectivity index (χ0v) is 12.4. The molecule has 96 valence electrons. The van der Waals surface area contributed by atoms with Gasteiger partial charge in [0.1, 0.15) is 0 Å². The maximum absolute atomic E-state index is 10.2. The first-order valence-electron chi connectivity index (χ1n) is 6.60. The van der Waals surface area contributed by atoms with E-state index in [1.54, 1.807) is 0 Å². The van der Waals surface area contributed by atoms with Crippen molar-refractivity contribution in [3.05, 3.63) is 34.3 Å². The van der Waals surface area contributed by atoms with Crippen LogP contribution >= 0.6 is 15.9 Å². The Morgan fingerprint density at radius 1 is 1.18 bits per heavy atom. The number of benzene rings is 1. The van der Waals surface area contributed by atoms with Crippen LogP contribution in [0.1, 0.15) is 57.6 Å². The van der Waals surface area contributed by atoms with Gasteiger partial charge < -0.3 is 5.11 Å². The number of aliphatic hydroxyl groups is 1. The second-order valence-electron chi connectivity index (χ2n) is 4.72. The van der Waals surface area contributed by atoms with Crippen molar-refractivity contribution in [1.82, 2.24) is 0 Å². The fraction of sp³-hybridized carbons (Fsp3) is 0.600. The van der Waals surface area contributed by atoms with Gasteiger partial charge in [-0.15, -0.1) is 0 Å². The molecule has 1 aromatic rings. The predicted octanol–water partition coefficient (Wildman–Crippen LogP) is 5.09. The molecule has 0 spiro atoms. The van der Waals surface area contributed by atoms with E-state index in [2.05, 4.69) is 29.8 Å². The van der Waals surface area contributed by atoms with Gasteiger partial charge in [-0.05, 0) is 30.0 Å². The predicted molar refractivity (Wildman–Crippen MR) is 77.0 cm³/mol. The lowest BCUT2D eigenvalue weighted by Gasteiger charge is -2.19. The summed E-state index contributed by atoms with van der Waals surface area (Å²) in [5.41, 5.74) is 1.03. The van der Waals surface area contributed by atoms with Crippen LogP contribution in [0.25, 0.3) is 0 Å². The fourth-order valence-electron chi connectivity index (χ4n) is 2.12. The van der Waals surface area contributed by atoms with Crippen molar-refractivity contribution in [2.75, 3.05) is 0 Å². The van der Waals surface area contributed by atoms with E-state index in [0.29, 0.717) is 5.92 Å². The van der Waals surface area contributed by atoms with Crippen LogP contribution < -0.4 is 0 Å². The standard InChI is InChI=1S/C15H23BrO/c1-3-5-6-12(4-2)11-15(17)13-7-9-14(16)10-8-13/h7-10,12,15,17H,3-6,11H2,1-2H3/t12-,15-/m0/s1. The zero-order chi connectivity index (χ0) is 12.7. The number of rotatable bonds is 7. The van der Waals surface area contributed by atoms with Crippen LogP contribution in [0.15, 0.2) is 28.7 Å². The van der Waals surface area contributed by atoms with Crippen LogP contribution in [-0.2, 0) is 0 Å². The highest BCUT2D eigenvalue weighted by atomic mass is 79.9. The number of halogens is 1. The number of aliphatic hydroxyl groups excluding tert-OH is 1. The first-order valence-corrected chi connectivity index (χ1v) is 7.40. The SMILES string of the molecule is CCCC[C@H](CC)C[C@H](O)c1ccc(Br)cc1. The van der Waals surface area contributed by atoms with Crippen molar-refractivity contribution in [2.45, 2.75) is 52.1 Å². The second kappa shape index (κ2) is 7.88. The Morgan fingerprint density at radius 3 is 2.35 bits per heavy atom. The molecule has 2 heteroatoms.